The molecule has 6 rings (SSSR count). The summed E-state index contributed by atoms with van der Waals surface area (Å²) in [4.78, 5) is 28.5. The van der Waals surface area contributed by atoms with E-state index in [1.807, 2.05) is 19.9 Å². The highest BCUT2D eigenvalue weighted by atomic mass is 16.5. The Morgan fingerprint density at radius 2 is 1.75 bits per heavy atom. The molecule has 4 N–H and O–H groups in total. The summed E-state index contributed by atoms with van der Waals surface area (Å²) in [6.45, 7) is 10.2. The minimum Gasteiger partial charge on any atom is -0.379 e. The number of nitrogens with zero attached hydrogens (tertiary/aromatic N) is 3. The molecule has 1 atom stereocenters. The Balaban J connectivity index is 0.000000248. The zero-order chi connectivity index (χ0) is 31.1. The minimum atomic E-state index is -0.737. The van der Waals surface area contributed by atoms with Gasteiger partial charge in [0.1, 0.15) is 23.4 Å². The van der Waals surface area contributed by atoms with E-state index >= 15 is 0 Å². The predicted octanol–water partition coefficient (Wildman–Crippen LogP) is 5.24. The Hall–Kier alpha value is -3.95. The molecular weight excluding hydrogens is 552 g/mol. The molecule has 3 heterocycles. The van der Waals surface area contributed by atoms with Gasteiger partial charge in [-0.3, -0.25) is 14.5 Å². The van der Waals surface area contributed by atoms with E-state index in [9.17, 15) is 9.59 Å². The van der Waals surface area contributed by atoms with Gasteiger partial charge in [0.05, 0.1) is 26.3 Å². The zero-order valence-corrected chi connectivity index (χ0v) is 26.2. The van der Waals surface area contributed by atoms with Gasteiger partial charge < -0.3 is 25.7 Å². The first-order valence-electron chi connectivity index (χ1n) is 16.0. The van der Waals surface area contributed by atoms with Crippen molar-refractivity contribution >= 4 is 24.2 Å². The molecule has 44 heavy (non-hydrogen) atoms. The highest BCUT2D eigenvalue weighted by molar-refractivity contribution is 5.83. The highest BCUT2D eigenvalue weighted by Crippen LogP contribution is 2.33. The maximum Gasteiger partial charge on any atom is 0.244 e. The number of hydrogen-bond donors (Lipinski definition) is 3. The highest BCUT2D eigenvalue weighted by Gasteiger charge is 2.21. The van der Waals surface area contributed by atoms with E-state index in [-0.39, 0.29) is 0 Å². The Morgan fingerprint density at radius 1 is 1.05 bits per heavy atom. The summed E-state index contributed by atoms with van der Waals surface area (Å²) in [6.07, 6.45) is 11.7. The third-order valence-electron chi connectivity index (χ3n) is 8.25. The summed E-state index contributed by atoms with van der Waals surface area (Å²) in [6, 6.07) is 17.5. The lowest BCUT2D eigenvalue weighted by molar-refractivity contribution is -0.122. The van der Waals surface area contributed by atoms with Crippen molar-refractivity contribution in [1.29, 1.82) is 0 Å². The van der Waals surface area contributed by atoms with E-state index in [1.165, 1.54) is 43.2 Å². The van der Waals surface area contributed by atoms with Crippen molar-refractivity contribution in [3.63, 3.8) is 0 Å². The number of ether oxygens (including phenoxy) is 1. The first kappa shape index (κ1) is 33.0. The molecule has 2 amide bonds. The van der Waals surface area contributed by atoms with Gasteiger partial charge in [-0.2, -0.15) is 0 Å². The lowest BCUT2D eigenvalue weighted by Gasteiger charge is -2.26. The summed E-state index contributed by atoms with van der Waals surface area (Å²) in [5.74, 6) is 2.50. The molecule has 236 valence electrons. The van der Waals surface area contributed by atoms with E-state index in [0.29, 0.717) is 12.0 Å². The first-order valence-corrected chi connectivity index (χ1v) is 16.0. The molecule has 1 aliphatic carbocycles. The quantitative estimate of drug-likeness (QED) is 0.290. The number of nitrogens with one attached hydrogen (secondary N) is 2. The average molecular weight is 601 g/mol. The molecule has 1 saturated carbocycles. The number of carbonyl (C=O) groups excluding carboxylic acids is 2. The maximum atomic E-state index is 10.9. The van der Waals surface area contributed by atoms with Crippen molar-refractivity contribution < 1.29 is 14.3 Å². The van der Waals surface area contributed by atoms with Gasteiger partial charge in [0.2, 0.25) is 12.3 Å². The lowest BCUT2D eigenvalue weighted by atomic mass is 9.84. The molecule has 2 aliphatic heterocycles. The van der Waals surface area contributed by atoms with Gasteiger partial charge in [0.15, 0.2) is 0 Å². The Bertz CT molecular complexity index is 1330. The smallest absolute Gasteiger partial charge is 0.244 e. The van der Waals surface area contributed by atoms with Crippen LogP contribution in [-0.2, 0) is 27.4 Å². The fourth-order valence-electron chi connectivity index (χ4n) is 5.97. The van der Waals surface area contributed by atoms with Crippen LogP contribution in [0.15, 0.2) is 60.7 Å². The van der Waals surface area contributed by atoms with Crippen LogP contribution in [0.5, 0.6) is 0 Å². The number of rotatable bonds is 9. The fourth-order valence-corrected chi connectivity index (χ4v) is 5.97. The van der Waals surface area contributed by atoms with Crippen molar-refractivity contribution in [2.75, 3.05) is 38.2 Å². The molecule has 2 fully saturated rings. The van der Waals surface area contributed by atoms with Crippen molar-refractivity contribution in [2.45, 2.75) is 71.0 Å². The van der Waals surface area contributed by atoms with Gasteiger partial charge >= 0.3 is 0 Å². The minimum absolute atomic E-state index is 0.461. The fraction of sp³-hybridized carbons (Fsp3) is 0.457. The SMILES string of the molecule is C1=Cc2nc(CN3CCOCC3)n(Cc3ccc(C4CCCCC4)cc3)c2NC1.CC.NC(=O)C(NC=O)c1ccccc1. The topological polar surface area (TPSA) is 115 Å². The van der Waals surface area contributed by atoms with Gasteiger partial charge in [-0.1, -0.05) is 93.8 Å². The van der Waals surface area contributed by atoms with E-state index in [2.05, 4.69) is 56.5 Å². The predicted molar refractivity (Wildman–Crippen MR) is 176 cm³/mol. The summed E-state index contributed by atoms with van der Waals surface area (Å²) >= 11 is 0. The molecular formula is C35H48N6O3. The van der Waals surface area contributed by atoms with Crippen LogP contribution in [0.25, 0.3) is 6.08 Å². The number of anilines is 1. The molecule has 1 aromatic heterocycles. The molecule has 2 aromatic carbocycles. The molecule has 9 nitrogen and oxygen atoms in total. The van der Waals surface area contributed by atoms with Crippen molar-refractivity contribution in [1.82, 2.24) is 19.8 Å². The van der Waals surface area contributed by atoms with Crippen molar-refractivity contribution in [2.24, 2.45) is 5.73 Å². The largest absolute Gasteiger partial charge is 0.379 e. The third kappa shape index (κ3) is 9.03. The van der Waals surface area contributed by atoms with Gasteiger partial charge in [0, 0.05) is 19.6 Å². The number of imidazole rings is 1. The van der Waals surface area contributed by atoms with E-state index < -0.39 is 11.9 Å². The van der Waals surface area contributed by atoms with Crippen molar-refractivity contribution in [3.8, 4) is 0 Å². The number of nitrogens with two attached hydrogens (primary N) is 1. The van der Waals surface area contributed by atoms with Crippen LogP contribution in [0.4, 0.5) is 5.82 Å². The second-order valence-electron chi connectivity index (χ2n) is 11.1. The summed E-state index contributed by atoms with van der Waals surface area (Å²) < 4.78 is 7.89. The number of hydrogen-bond acceptors (Lipinski definition) is 6. The summed E-state index contributed by atoms with van der Waals surface area (Å²) in [5, 5.41) is 5.89. The van der Waals surface area contributed by atoms with Crippen LogP contribution >= 0.6 is 0 Å². The average Bonchev–Trinajstić information content (AvgIpc) is 3.42. The molecule has 3 aliphatic rings. The first-order chi connectivity index (χ1) is 21.6. The van der Waals surface area contributed by atoms with Crippen LogP contribution < -0.4 is 16.4 Å². The lowest BCUT2D eigenvalue weighted by Crippen LogP contribution is -2.36. The molecule has 3 aromatic rings. The Morgan fingerprint density at radius 3 is 2.41 bits per heavy atom. The van der Waals surface area contributed by atoms with E-state index in [0.717, 1.165) is 69.2 Å². The number of primary amides is 1. The number of morpholine rings is 1. The standard InChI is InChI=1S/C24H32N4O.C9H10N2O2.C2H6/c1-2-5-20(6-3-1)21-10-8-19(9-11-21)17-28-23(18-27-13-15-29-16-14-27)26-22-7-4-12-25-24(22)28;10-9(13)8(11-6-12)7-4-2-1-3-5-7;1-2/h4,7-11,20,25H,1-3,5-6,12-18H2;1-6,8H,(H2,10,13)(H,11,12);1-2H3. The summed E-state index contributed by atoms with van der Waals surface area (Å²) in [7, 11) is 0. The van der Waals surface area contributed by atoms with E-state index in [1.54, 1.807) is 24.3 Å². The second-order valence-corrected chi connectivity index (χ2v) is 11.1. The maximum absolute atomic E-state index is 10.9. The zero-order valence-electron chi connectivity index (χ0n) is 26.2. The molecule has 1 unspecified atom stereocenters. The van der Waals surface area contributed by atoms with Gasteiger partial charge in [-0.15, -0.1) is 0 Å². The molecule has 0 spiro atoms. The number of aromatic nitrogens is 2. The number of fused-ring (bicyclic) bond motifs is 1. The number of amides is 2. The van der Waals surface area contributed by atoms with Crippen molar-refractivity contribution in [3.05, 3.63) is 88.9 Å². The second kappa shape index (κ2) is 17.4. The number of benzene rings is 2. The molecule has 0 radical (unpaired) electrons. The molecule has 1 saturated heterocycles. The van der Waals surface area contributed by atoms with Crippen LogP contribution in [0.3, 0.4) is 0 Å². The van der Waals surface area contributed by atoms with E-state index in [4.69, 9.17) is 15.5 Å². The normalized spacial score (nSPS) is 17.0. The van der Waals surface area contributed by atoms with Gasteiger partial charge in [-0.05, 0) is 41.5 Å². The Kier molecular flexibility index (Phi) is 13.0. The van der Waals surface area contributed by atoms with Crippen LogP contribution in [0.2, 0.25) is 0 Å². The molecule has 9 heteroatoms. The van der Waals surface area contributed by atoms with Crippen LogP contribution in [0, 0.1) is 0 Å². The molecule has 0 bridgehead atoms. The Labute approximate surface area is 261 Å². The van der Waals surface area contributed by atoms with Gasteiger partial charge in [-0.25, -0.2) is 4.98 Å². The van der Waals surface area contributed by atoms with Crippen LogP contribution in [-0.4, -0.2) is 59.6 Å². The monoisotopic (exact) mass is 600 g/mol. The van der Waals surface area contributed by atoms with Crippen LogP contribution in [0.1, 0.15) is 86.1 Å². The third-order valence-corrected chi connectivity index (χ3v) is 8.25. The van der Waals surface area contributed by atoms with Gasteiger partial charge in [0.25, 0.3) is 0 Å². The summed E-state index contributed by atoms with van der Waals surface area (Å²) in [5.41, 5.74) is 9.72. The number of carbonyl (C=O) groups is 2.